The van der Waals surface area contributed by atoms with Crippen molar-refractivity contribution >= 4 is 46.4 Å². The summed E-state index contributed by atoms with van der Waals surface area (Å²) in [7, 11) is 0. The minimum absolute atomic E-state index is 0.0200. The number of esters is 1. The standard InChI is InChI=1S/C14H13Cl2F3N2O3/c1-3-10(22)12(13(23)24-4-2)21-20-11-8(15)5-7(6-9(11)16)14(17,18)19/h5-6,20H,3-4H2,1-2H3. The number of benzene rings is 1. The molecule has 0 spiro atoms. The largest absolute Gasteiger partial charge is 0.461 e. The molecule has 0 heterocycles. The van der Waals surface area contributed by atoms with Gasteiger partial charge in [0.1, 0.15) is 0 Å². The Morgan fingerprint density at radius 2 is 1.75 bits per heavy atom. The second-order valence-electron chi connectivity index (χ2n) is 4.38. The summed E-state index contributed by atoms with van der Waals surface area (Å²) >= 11 is 11.5. The number of carbonyl (C=O) groups excluding carboxylic acids is 2. The van der Waals surface area contributed by atoms with Gasteiger partial charge in [-0.2, -0.15) is 18.3 Å². The van der Waals surface area contributed by atoms with Gasteiger partial charge in [0.15, 0.2) is 5.78 Å². The topological polar surface area (TPSA) is 67.8 Å². The average Bonchev–Trinajstić information content (AvgIpc) is 2.48. The van der Waals surface area contributed by atoms with Crippen LogP contribution in [0, 0.1) is 0 Å². The molecule has 0 bridgehead atoms. The summed E-state index contributed by atoms with van der Waals surface area (Å²) in [5.74, 6) is -1.57. The van der Waals surface area contributed by atoms with Crippen molar-refractivity contribution in [3.8, 4) is 0 Å². The van der Waals surface area contributed by atoms with Gasteiger partial charge < -0.3 is 4.74 Å². The SMILES string of the molecule is CCOC(=O)C(=NNc1c(Cl)cc(C(F)(F)F)cc1Cl)C(=O)CC. The fourth-order valence-electron chi connectivity index (χ4n) is 1.54. The number of hydrogen-bond acceptors (Lipinski definition) is 5. The minimum atomic E-state index is -4.62. The molecular weight excluding hydrogens is 372 g/mol. The Balaban J connectivity index is 3.18. The van der Waals surface area contributed by atoms with Crippen molar-refractivity contribution in [2.45, 2.75) is 26.4 Å². The highest BCUT2D eigenvalue weighted by Gasteiger charge is 2.32. The Morgan fingerprint density at radius 3 is 2.17 bits per heavy atom. The molecule has 0 fully saturated rings. The normalized spacial score (nSPS) is 12.0. The lowest BCUT2D eigenvalue weighted by Gasteiger charge is -2.12. The van der Waals surface area contributed by atoms with E-state index in [0.717, 1.165) is 0 Å². The monoisotopic (exact) mass is 384 g/mol. The molecule has 10 heteroatoms. The maximum Gasteiger partial charge on any atom is 0.416 e. The number of ether oxygens (including phenoxy) is 1. The lowest BCUT2D eigenvalue weighted by molar-refractivity contribution is -0.138. The van der Waals surface area contributed by atoms with E-state index in [9.17, 15) is 22.8 Å². The summed E-state index contributed by atoms with van der Waals surface area (Å²) in [4.78, 5) is 23.4. The zero-order valence-electron chi connectivity index (χ0n) is 12.6. The number of Topliss-reactive ketones (excluding diaryl/α,β-unsaturated/α-hetero) is 1. The third-order valence-corrected chi connectivity index (χ3v) is 3.30. The Bertz CT molecular complexity index is 653. The molecule has 0 aromatic heterocycles. The van der Waals surface area contributed by atoms with E-state index in [-0.39, 0.29) is 28.8 Å². The summed E-state index contributed by atoms with van der Waals surface area (Å²) < 4.78 is 42.7. The van der Waals surface area contributed by atoms with Gasteiger partial charge in [0.25, 0.3) is 0 Å². The van der Waals surface area contributed by atoms with Gasteiger partial charge in [0.05, 0.1) is 27.9 Å². The molecule has 24 heavy (non-hydrogen) atoms. The third kappa shape index (κ3) is 5.10. The molecule has 1 aromatic carbocycles. The van der Waals surface area contributed by atoms with Gasteiger partial charge in [-0.25, -0.2) is 4.79 Å². The highest BCUT2D eigenvalue weighted by Crippen LogP contribution is 2.38. The number of rotatable bonds is 6. The number of ketones is 1. The van der Waals surface area contributed by atoms with Crippen LogP contribution in [0.5, 0.6) is 0 Å². The van der Waals surface area contributed by atoms with E-state index in [2.05, 4.69) is 10.5 Å². The summed E-state index contributed by atoms with van der Waals surface area (Å²) in [6.07, 6.45) is -4.64. The number of hydrazone groups is 1. The Hall–Kier alpha value is -1.80. The molecule has 0 amide bonds. The lowest BCUT2D eigenvalue weighted by Crippen LogP contribution is -2.27. The van der Waals surface area contributed by atoms with E-state index in [1.165, 1.54) is 6.92 Å². The van der Waals surface area contributed by atoms with Gasteiger partial charge in [-0.1, -0.05) is 30.1 Å². The highest BCUT2D eigenvalue weighted by molar-refractivity contribution is 6.64. The first-order chi connectivity index (χ1) is 11.1. The van der Waals surface area contributed by atoms with E-state index in [4.69, 9.17) is 27.9 Å². The van der Waals surface area contributed by atoms with E-state index in [1.54, 1.807) is 6.92 Å². The van der Waals surface area contributed by atoms with Crippen molar-refractivity contribution < 1.29 is 27.5 Å². The van der Waals surface area contributed by atoms with Crippen LogP contribution < -0.4 is 5.43 Å². The van der Waals surface area contributed by atoms with Crippen LogP contribution in [-0.4, -0.2) is 24.1 Å². The van der Waals surface area contributed by atoms with Crippen LogP contribution in [0.2, 0.25) is 10.0 Å². The zero-order chi connectivity index (χ0) is 18.5. The summed E-state index contributed by atoms with van der Waals surface area (Å²) in [6.45, 7) is 3.08. The molecule has 132 valence electrons. The molecule has 0 aliphatic carbocycles. The van der Waals surface area contributed by atoms with E-state index < -0.39 is 29.2 Å². The van der Waals surface area contributed by atoms with E-state index >= 15 is 0 Å². The summed E-state index contributed by atoms with van der Waals surface area (Å²) in [5, 5.41) is 2.85. The fraction of sp³-hybridized carbons (Fsp3) is 0.357. The van der Waals surface area contributed by atoms with E-state index in [1.807, 2.05) is 0 Å². The van der Waals surface area contributed by atoms with Crippen LogP contribution in [0.15, 0.2) is 17.2 Å². The first-order valence-corrected chi connectivity index (χ1v) is 7.47. The van der Waals surface area contributed by atoms with Gasteiger partial charge in [-0.15, -0.1) is 0 Å². The molecule has 0 saturated carbocycles. The molecule has 0 atom stereocenters. The third-order valence-electron chi connectivity index (χ3n) is 2.70. The summed E-state index contributed by atoms with van der Waals surface area (Å²) in [6, 6.07) is 1.30. The van der Waals surface area contributed by atoms with Crippen LogP contribution in [0.25, 0.3) is 0 Å². The maximum atomic E-state index is 12.7. The number of nitrogens with one attached hydrogen (secondary N) is 1. The molecule has 0 saturated heterocycles. The van der Waals surface area contributed by atoms with Crippen molar-refractivity contribution in [1.82, 2.24) is 0 Å². The van der Waals surface area contributed by atoms with Crippen molar-refractivity contribution in [3.63, 3.8) is 0 Å². The van der Waals surface area contributed by atoms with Crippen molar-refractivity contribution in [2.75, 3.05) is 12.0 Å². The van der Waals surface area contributed by atoms with Crippen molar-refractivity contribution in [2.24, 2.45) is 5.10 Å². The number of carbonyl (C=O) groups is 2. The predicted molar refractivity (Wildman–Crippen MR) is 84.5 cm³/mol. The smallest absolute Gasteiger partial charge is 0.416 e. The predicted octanol–water partition coefficient (Wildman–Crippen LogP) is 4.32. The van der Waals surface area contributed by atoms with Gasteiger partial charge in [-0.05, 0) is 19.1 Å². The number of alkyl halides is 3. The lowest BCUT2D eigenvalue weighted by atomic mass is 10.2. The van der Waals surface area contributed by atoms with Crippen LogP contribution in [-0.2, 0) is 20.5 Å². The minimum Gasteiger partial charge on any atom is -0.461 e. The molecule has 5 nitrogen and oxygen atoms in total. The molecule has 1 rings (SSSR count). The molecule has 0 unspecified atom stereocenters. The Kier molecular flexibility index (Phi) is 7.04. The van der Waals surface area contributed by atoms with Crippen LogP contribution in [0.4, 0.5) is 18.9 Å². The molecule has 0 aliphatic heterocycles. The summed E-state index contributed by atoms with van der Waals surface area (Å²) in [5.41, 5.74) is 0.505. The van der Waals surface area contributed by atoms with E-state index in [0.29, 0.717) is 12.1 Å². The number of nitrogens with zero attached hydrogens (tertiary/aromatic N) is 1. The quantitative estimate of drug-likeness (QED) is 0.343. The average molecular weight is 385 g/mol. The van der Waals surface area contributed by atoms with Gasteiger partial charge in [0, 0.05) is 6.42 Å². The molecular formula is C14H13Cl2F3N2O3. The number of halogens is 5. The van der Waals surface area contributed by atoms with Crippen LogP contribution >= 0.6 is 23.2 Å². The zero-order valence-corrected chi connectivity index (χ0v) is 14.1. The Morgan fingerprint density at radius 1 is 1.21 bits per heavy atom. The number of hydrogen-bond donors (Lipinski definition) is 1. The van der Waals surface area contributed by atoms with Gasteiger partial charge in [-0.3, -0.25) is 10.2 Å². The second-order valence-corrected chi connectivity index (χ2v) is 5.20. The van der Waals surface area contributed by atoms with Crippen LogP contribution in [0.3, 0.4) is 0 Å². The van der Waals surface area contributed by atoms with Gasteiger partial charge in [0.2, 0.25) is 5.71 Å². The first-order valence-electron chi connectivity index (χ1n) is 6.72. The fourth-order valence-corrected chi connectivity index (χ4v) is 2.12. The molecule has 0 aliphatic rings. The van der Waals surface area contributed by atoms with Crippen molar-refractivity contribution in [1.29, 1.82) is 0 Å². The molecule has 1 N–H and O–H groups in total. The first kappa shape index (κ1) is 20.2. The number of anilines is 1. The maximum absolute atomic E-state index is 12.7. The Labute approximate surface area is 145 Å². The van der Waals surface area contributed by atoms with Crippen LogP contribution in [0.1, 0.15) is 25.8 Å². The second kappa shape index (κ2) is 8.34. The van der Waals surface area contributed by atoms with Crippen molar-refractivity contribution in [3.05, 3.63) is 27.7 Å². The highest BCUT2D eigenvalue weighted by atomic mass is 35.5. The van der Waals surface area contributed by atoms with Gasteiger partial charge >= 0.3 is 12.1 Å². The molecule has 0 radical (unpaired) electrons. The molecule has 1 aromatic rings.